The average Bonchev–Trinajstić information content (AvgIpc) is 2.60. The lowest BCUT2D eigenvalue weighted by atomic mass is 10.2. The van der Waals surface area contributed by atoms with E-state index in [1.165, 1.54) is 36.5 Å². The summed E-state index contributed by atoms with van der Waals surface area (Å²) >= 11 is 0. The maximum absolute atomic E-state index is 13.3. The molecule has 0 N–H and O–H groups in total. The Balaban J connectivity index is 1.73. The van der Waals surface area contributed by atoms with Crippen LogP contribution in [0.15, 0.2) is 54.7 Å². The van der Waals surface area contributed by atoms with Gasteiger partial charge in [-0.3, -0.25) is 0 Å². The van der Waals surface area contributed by atoms with Crippen LogP contribution in [0, 0.1) is 17.5 Å². The van der Waals surface area contributed by atoms with Crippen molar-refractivity contribution in [3.8, 4) is 11.6 Å². The third-order valence-corrected chi connectivity index (χ3v) is 3.40. The number of anilines is 1. The molecule has 1 heterocycles. The molecule has 4 nitrogen and oxygen atoms in total. The van der Waals surface area contributed by atoms with Crippen LogP contribution in [0.2, 0.25) is 0 Å². The first-order valence-electron chi connectivity index (χ1n) is 7.43. The topological polar surface area (TPSA) is 38.2 Å². The van der Waals surface area contributed by atoms with Gasteiger partial charge in [-0.2, -0.15) is 4.98 Å². The van der Waals surface area contributed by atoms with Crippen molar-refractivity contribution in [2.75, 3.05) is 11.9 Å². The summed E-state index contributed by atoms with van der Waals surface area (Å²) in [4.78, 5) is 10.1. The summed E-state index contributed by atoms with van der Waals surface area (Å²) in [6, 6.07) is 10.8. The number of hydrogen-bond acceptors (Lipinski definition) is 4. The van der Waals surface area contributed by atoms with Crippen molar-refractivity contribution in [1.82, 2.24) is 9.97 Å². The number of benzene rings is 2. The molecule has 0 radical (unpaired) electrons. The first-order valence-corrected chi connectivity index (χ1v) is 7.43. The summed E-state index contributed by atoms with van der Waals surface area (Å²) in [6.45, 7) is 0.289. The minimum atomic E-state index is -0.903. The van der Waals surface area contributed by atoms with Gasteiger partial charge in [-0.05, 0) is 42.0 Å². The molecule has 3 aromatic rings. The molecular formula is C18H14F3N3O. The van der Waals surface area contributed by atoms with Gasteiger partial charge in [0.1, 0.15) is 11.6 Å². The number of hydrogen-bond donors (Lipinski definition) is 0. The van der Waals surface area contributed by atoms with Gasteiger partial charge in [-0.25, -0.2) is 18.2 Å². The molecule has 0 saturated carbocycles. The van der Waals surface area contributed by atoms with E-state index in [4.69, 9.17) is 4.74 Å². The van der Waals surface area contributed by atoms with E-state index in [1.807, 2.05) is 0 Å². The van der Waals surface area contributed by atoms with Gasteiger partial charge in [0.05, 0.1) is 0 Å². The largest absolute Gasteiger partial charge is 0.439 e. The molecule has 0 spiro atoms. The molecule has 128 valence electrons. The van der Waals surface area contributed by atoms with Gasteiger partial charge in [0.15, 0.2) is 11.6 Å². The van der Waals surface area contributed by atoms with Crippen LogP contribution in [0.5, 0.6) is 11.6 Å². The first kappa shape index (κ1) is 16.8. The zero-order valence-corrected chi connectivity index (χ0v) is 13.3. The summed E-state index contributed by atoms with van der Waals surface area (Å²) in [5, 5.41) is 0. The van der Waals surface area contributed by atoms with E-state index in [9.17, 15) is 13.2 Å². The minimum absolute atomic E-state index is 0.286. The molecule has 0 saturated heterocycles. The maximum atomic E-state index is 13.3. The van der Waals surface area contributed by atoms with Gasteiger partial charge >= 0.3 is 0 Å². The average molecular weight is 345 g/mol. The standard InChI is InChI=1S/C18H14F3N3O/c1-24(11-12-2-7-15(20)16(21)10-12)18-22-9-8-17(23-18)25-14-5-3-13(19)4-6-14/h2-10H,11H2,1H3. The molecule has 2 aromatic carbocycles. The molecule has 3 rings (SSSR count). The number of halogens is 3. The molecular weight excluding hydrogens is 331 g/mol. The zero-order valence-electron chi connectivity index (χ0n) is 13.3. The van der Waals surface area contributed by atoms with Crippen LogP contribution in [0.4, 0.5) is 19.1 Å². The van der Waals surface area contributed by atoms with Crippen LogP contribution in [0.3, 0.4) is 0 Å². The lowest BCUT2D eigenvalue weighted by Crippen LogP contribution is -2.19. The Hall–Kier alpha value is -3.09. The van der Waals surface area contributed by atoms with Crippen LogP contribution in [-0.2, 0) is 6.54 Å². The highest BCUT2D eigenvalue weighted by Crippen LogP contribution is 2.21. The van der Waals surface area contributed by atoms with Gasteiger partial charge in [0.25, 0.3) is 0 Å². The summed E-state index contributed by atoms with van der Waals surface area (Å²) in [5.74, 6) is -1.08. The van der Waals surface area contributed by atoms with Crippen molar-refractivity contribution in [3.05, 3.63) is 77.7 Å². The summed E-state index contributed by atoms with van der Waals surface area (Å²) in [5.41, 5.74) is 0.579. The fraction of sp³-hybridized carbons (Fsp3) is 0.111. The summed E-state index contributed by atoms with van der Waals surface area (Å²) in [6.07, 6.45) is 1.52. The van der Waals surface area contributed by atoms with Crippen LogP contribution in [0.1, 0.15) is 5.56 Å². The van der Waals surface area contributed by atoms with Crippen molar-refractivity contribution in [2.24, 2.45) is 0 Å². The zero-order chi connectivity index (χ0) is 17.8. The van der Waals surface area contributed by atoms with Crippen molar-refractivity contribution in [1.29, 1.82) is 0 Å². The Bertz CT molecular complexity index is 872. The highest BCUT2D eigenvalue weighted by molar-refractivity contribution is 5.35. The van der Waals surface area contributed by atoms with E-state index >= 15 is 0 Å². The molecule has 0 unspecified atom stereocenters. The number of aromatic nitrogens is 2. The third kappa shape index (κ3) is 4.26. The quantitative estimate of drug-likeness (QED) is 0.690. The Morgan fingerprint density at radius 3 is 2.44 bits per heavy atom. The number of nitrogens with zero attached hydrogens (tertiary/aromatic N) is 3. The Morgan fingerprint density at radius 1 is 0.960 bits per heavy atom. The molecule has 0 aliphatic heterocycles. The van der Waals surface area contributed by atoms with Gasteiger partial charge in [-0.15, -0.1) is 0 Å². The van der Waals surface area contributed by atoms with Crippen molar-refractivity contribution in [3.63, 3.8) is 0 Å². The molecule has 1 aromatic heterocycles. The van der Waals surface area contributed by atoms with Crippen molar-refractivity contribution >= 4 is 5.95 Å². The normalized spacial score (nSPS) is 10.6. The fourth-order valence-electron chi connectivity index (χ4n) is 2.18. The van der Waals surface area contributed by atoms with E-state index in [0.717, 1.165) is 12.1 Å². The molecule has 0 aliphatic carbocycles. The predicted octanol–water partition coefficient (Wildman–Crippen LogP) is 4.32. The molecule has 0 atom stereocenters. The summed E-state index contributed by atoms with van der Waals surface area (Å²) < 4.78 is 44.8. The molecule has 0 bridgehead atoms. The van der Waals surface area contributed by atoms with Crippen LogP contribution < -0.4 is 9.64 Å². The Kier molecular flexibility index (Phi) is 4.83. The van der Waals surface area contributed by atoms with Crippen LogP contribution >= 0.6 is 0 Å². The molecule has 0 aliphatic rings. The lowest BCUT2D eigenvalue weighted by Gasteiger charge is -2.17. The second kappa shape index (κ2) is 7.21. The maximum Gasteiger partial charge on any atom is 0.228 e. The number of ether oxygens (including phenoxy) is 1. The molecule has 0 amide bonds. The van der Waals surface area contributed by atoms with Gasteiger partial charge < -0.3 is 9.64 Å². The van der Waals surface area contributed by atoms with Crippen LogP contribution in [0.25, 0.3) is 0 Å². The van der Waals surface area contributed by atoms with E-state index in [1.54, 1.807) is 18.0 Å². The van der Waals surface area contributed by atoms with Gasteiger partial charge in [-0.1, -0.05) is 6.07 Å². The van der Waals surface area contributed by atoms with Gasteiger partial charge in [0.2, 0.25) is 11.8 Å². The predicted molar refractivity (Wildman–Crippen MR) is 87.0 cm³/mol. The molecule has 25 heavy (non-hydrogen) atoms. The van der Waals surface area contributed by atoms with Crippen molar-refractivity contribution in [2.45, 2.75) is 6.54 Å². The monoisotopic (exact) mass is 345 g/mol. The number of rotatable bonds is 5. The first-order chi connectivity index (χ1) is 12.0. The second-order valence-corrected chi connectivity index (χ2v) is 5.36. The lowest BCUT2D eigenvalue weighted by molar-refractivity contribution is 0.459. The molecule has 0 fully saturated rings. The highest BCUT2D eigenvalue weighted by Gasteiger charge is 2.10. The smallest absolute Gasteiger partial charge is 0.228 e. The van der Waals surface area contributed by atoms with Crippen LogP contribution in [-0.4, -0.2) is 17.0 Å². The fourth-order valence-corrected chi connectivity index (χ4v) is 2.18. The van der Waals surface area contributed by atoms with E-state index in [-0.39, 0.29) is 18.2 Å². The third-order valence-electron chi connectivity index (χ3n) is 3.40. The van der Waals surface area contributed by atoms with Crippen molar-refractivity contribution < 1.29 is 17.9 Å². The molecule has 7 heteroatoms. The second-order valence-electron chi connectivity index (χ2n) is 5.36. The Morgan fingerprint density at radius 2 is 1.72 bits per heavy atom. The van der Waals surface area contributed by atoms with E-state index in [0.29, 0.717) is 17.3 Å². The summed E-state index contributed by atoms with van der Waals surface area (Å²) in [7, 11) is 1.72. The van der Waals surface area contributed by atoms with Gasteiger partial charge in [0, 0.05) is 25.9 Å². The van der Waals surface area contributed by atoms with E-state index < -0.39 is 11.6 Å². The minimum Gasteiger partial charge on any atom is -0.439 e. The van der Waals surface area contributed by atoms with E-state index in [2.05, 4.69) is 9.97 Å². The SMILES string of the molecule is CN(Cc1ccc(F)c(F)c1)c1nccc(Oc2ccc(F)cc2)n1. The highest BCUT2D eigenvalue weighted by atomic mass is 19.2. The Labute approximate surface area is 142 Å².